The molecule has 0 spiro atoms. The topological polar surface area (TPSA) is 56.7 Å². The van der Waals surface area contributed by atoms with E-state index in [0.29, 0.717) is 6.54 Å². The van der Waals surface area contributed by atoms with E-state index in [1.165, 1.54) is 5.56 Å². The lowest BCUT2D eigenvalue weighted by Crippen LogP contribution is -2.03. The van der Waals surface area contributed by atoms with E-state index in [1.54, 1.807) is 0 Å². The van der Waals surface area contributed by atoms with Crippen LogP contribution in [0.25, 0.3) is 22.6 Å². The van der Waals surface area contributed by atoms with Gasteiger partial charge < -0.3 is 10.3 Å². The number of rotatable bonds is 5. The summed E-state index contributed by atoms with van der Waals surface area (Å²) in [4.78, 5) is 9.23. The Hall–Kier alpha value is -2.20. The number of imidazole rings is 1. The summed E-state index contributed by atoms with van der Waals surface area (Å²) in [6, 6.07) is 12.5. The molecule has 21 heavy (non-hydrogen) atoms. The van der Waals surface area contributed by atoms with Crippen molar-refractivity contribution in [1.82, 2.24) is 14.5 Å². The average molecular weight is 280 g/mol. The van der Waals surface area contributed by atoms with Crippen LogP contribution in [-0.4, -0.2) is 21.1 Å². The largest absolute Gasteiger partial charge is 0.330 e. The van der Waals surface area contributed by atoms with Crippen LogP contribution in [0.15, 0.2) is 42.6 Å². The third-order valence-electron chi connectivity index (χ3n) is 3.60. The monoisotopic (exact) mass is 280 g/mol. The molecule has 2 aromatic heterocycles. The highest BCUT2D eigenvalue weighted by molar-refractivity contribution is 5.77. The van der Waals surface area contributed by atoms with Gasteiger partial charge in [-0.2, -0.15) is 0 Å². The highest BCUT2D eigenvalue weighted by atomic mass is 15.1. The number of pyridine rings is 1. The van der Waals surface area contributed by atoms with Crippen LogP contribution in [0.3, 0.4) is 0 Å². The van der Waals surface area contributed by atoms with Crippen LogP contribution in [0, 0.1) is 0 Å². The summed E-state index contributed by atoms with van der Waals surface area (Å²) >= 11 is 0. The molecule has 0 radical (unpaired) electrons. The molecule has 3 aromatic rings. The number of fused-ring (bicyclic) bond motifs is 1. The van der Waals surface area contributed by atoms with E-state index in [1.807, 2.05) is 18.3 Å². The van der Waals surface area contributed by atoms with Gasteiger partial charge >= 0.3 is 0 Å². The fourth-order valence-corrected chi connectivity index (χ4v) is 2.60. The van der Waals surface area contributed by atoms with E-state index in [9.17, 15) is 0 Å². The van der Waals surface area contributed by atoms with Gasteiger partial charge in [-0.1, -0.05) is 31.2 Å². The molecule has 4 nitrogen and oxygen atoms in total. The van der Waals surface area contributed by atoms with Gasteiger partial charge in [-0.3, -0.25) is 0 Å². The van der Waals surface area contributed by atoms with Crippen LogP contribution >= 0.6 is 0 Å². The maximum absolute atomic E-state index is 5.60. The van der Waals surface area contributed by atoms with Crippen molar-refractivity contribution in [3.05, 3.63) is 48.2 Å². The van der Waals surface area contributed by atoms with Crippen molar-refractivity contribution in [1.29, 1.82) is 0 Å². The summed E-state index contributed by atoms with van der Waals surface area (Å²) in [5.41, 5.74) is 9.90. The Morgan fingerprint density at radius 3 is 2.67 bits per heavy atom. The van der Waals surface area contributed by atoms with Crippen molar-refractivity contribution in [2.45, 2.75) is 26.3 Å². The van der Waals surface area contributed by atoms with E-state index in [4.69, 9.17) is 10.7 Å². The van der Waals surface area contributed by atoms with E-state index in [2.05, 4.69) is 40.7 Å². The molecule has 0 saturated heterocycles. The Balaban J connectivity index is 2.08. The van der Waals surface area contributed by atoms with Crippen molar-refractivity contribution >= 4 is 11.2 Å². The molecule has 0 saturated carbocycles. The first-order valence-electron chi connectivity index (χ1n) is 7.44. The van der Waals surface area contributed by atoms with E-state index >= 15 is 0 Å². The number of benzene rings is 1. The smallest absolute Gasteiger partial charge is 0.160 e. The predicted octanol–water partition coefficient (Wildman–Crippen LogP) is 3.01. The molecule has 0 aliphatic rings. The van der Waals surface area contributed by atoms with E-state index < -0.39 is 0 Å². The van der Waals surface area contributed by atoms with E-state index in [0.717, 1.165) is 41.9 Å². The minimum atomic E-state index is 0.678. The highest BCUT2D eigenvalue weighted by Gasteiger charge is 2.12. The lowest BCUT2D eigenvalue weighted by molar-refractivity contribution is 0.698. The fraction of sp³-hybridized carbons (Fsp3) is 0.294. The summed E-state index contributed by atoms with van der Waals surface area (Å²) in [5.74, 6) is 0.991. The first-order valence-corrected chi connectivity index (χ1v) is 7.44. The molecule has 3 rings (SSSR count). The second-order valence-electron chi connectivity index (χ2n) is 5.17. The SMILES string of the molecule is CCCn1c(-c2ccc(CCN)cc2)nc2cccnc21. The van der Waals surface area contributed by atoms with Gasteiger partial charge in [0.25, 0.3) is 0 Å². The van der Waals surface area contributed by atoms with Gasteiger partial charge in [-0.15, -0.1) is 0 Å². The van der Waals surface area contributed by atoms with Crippen molar-refractivity contribution in [3.63, 3.8) is 0 Å². The zero-order valence-electron chi connectivity index (χ0n) is 12.3. The molecule has 0 bridgehead atoms. The standard InChI is InChI=1S/C17H20N4/c1-2-12-21-16(20-15-4-3-11-19-17(15)21)14-7-5-13(6-8-14)9-10-18/h3-8,11H,2,9-10,12,18H2,1H3. The zero-order valence-corrected chi connectivity index (χ0v) is 12.3. The number of hydrogen-bond acceptors (Lipinski definition) is 3. The Kier molecular flexibility index (Phi) is 3.97. The molecular formula is C17H20N4. The Morgan fingerprint density at radius 2 is 1.95 bits per heavy atom. The van der Waals surface area contributed by atoms with Crippen molar-refractivity contribution in [2.24, 2.45) is 5.73 Å². The first-order chi connectivity index (χ1) is 10.3. The Bertz CT molecular complexity index is 728. The van der Waals surface area contributed by atoms with Crippen molar-refractivity contribution < 1.29 is 0 Å². The van der Waals surface area contributed by atoms with Crippen LogP contribution in [-0.2, 0) is 13.0 Å². The predicted molar refractivity (Wildman–Crippen MR) is 86.0 cm³/mol. The first kappa shape index (κ1) is 13.8. The van der Waals surface area contributed by atoms with Crippen LogP contribution in [0.1, 0.15) is 18.9 Å². The van der Waals surface area contributed by atoms with Crippen LogP contribution in [0.4, 0.5) is 0 Å². The van der Waals surface area contributed by atoms with Gasteiger partial charge in [0.15, 0.2) is 5.65 Å². The second-order valence-corrected chi connectivity index (χ2v) is 5.17. The maximum atomic E-state index is 5.60. The number of aromatic nitrogens is 3. The molecule has 0 atom stereocenters. The highest BCUT2D eigenvalue weighted by Crippen LogP contribution is 2.24. The van der Waals surface area contributed by atoms with Gasteiger partial charge in [0, 0.05) is 18.3 Å². The van der Waals surface area contributed by atoms with Crippen LogP contribution in [0.2, 0.25) is 0 Å². The molecule has 108 valence electrons. The van der Waals surface area contributed by atoms with E-state index in [-0.39, 0.29) is 0 Å². The molecule has 0 aliphatic heterocycles. The van der Waals surface area contributed by atoms with Crippen molar-refractivity contribution in [2.75, 3.05) is 6.54 Å². The molecule has 0 amide bonds. The van der Waals surface area contributed by atoms with Crippen LogP contribution < -0.4 is 5.73 Å². The maximum Gasteiger partial charge on any atom is 0.160 e. The van der Waals surface area contributed by atoms with Gasteiger partial charge in [0.1, 0.15) is 11.3 Å². The zero-order chi connectivity index (χ0) is 14.7. The van der Waals surface area contributed by atoms with Gasteiger partial charge in [-0.05, 0) is 37.1 Å². The Morgan fingerprint density at radius 1 is 1.14 bits per heavy atom. The summed E-state index contributed by atoms with van der Waals surface area (Å²) < 4.78 is 2.20. The van der Waals surface area contributed by atoms with Gasteiger partial charge in [0.2, 0.25) is 0 Å². The molecule has 2 N–H and O–H groups in total. The number of aryl methyl sites for hydroxylation is 1. The lowest BCUT2D eigenvalue weighted by atomic mass is 10.1. The third-order valence-corrected chi connectivity index (χ3v) is 3.60. The second kappa shape index (κ2) is 6.06. The summed E-state index contributed by atoms with van der Waals surface area (Å²) in [6.07, 6.45) is 3.79. The molecule has 2 heterocycles. The lowest BCUT2D eigenvalue weighted by Gasteiger charge is -2.07. The third kappa shape index (κ3) is 2.67. The van der Waals surface area contributed by atoms with Crippen molar-refractivity contribution in [3.8, 4) is 11.4 Å². The Labute approximate surface area is 124 Å². The summed E-state index contributed by atoms with van der Waals surface area (Å²) in [5, 5.41) is 0. The minimum absolute atomic E-state index is 0.678. The number of hydrogen-bond donors (Lipinski definition) is 1. The van der Waals surface area contributed by atoms with Gasteiger partial charge in [-0.25, -0.2) is 9.97 Å². The fourth-order valence-electron chi connectivity index (χ4n) is 2.60. The molecule has 4 heteroatoms. The number of nitrogens with zero attached hydrogens (tertiary/aromatic N) is 3. The normalized spacial score (nSPS) is 11.1. The average Bonchev–Trinajstić information content (AvgIpc) is 2.88. The summed E-state index contributed by atoms with van der Waals surface area (Å²) in [6.45, 7) is 3.77. The molecule has 0 aliphatic carbocycles. The quantitative estimate of drug-likeness (QED) is 0.781. The minimum Gasteiger partial charge on any atom is -0.330 e. The summed E-state index contributed by atoms with van der Waals surface area (Å²) in [7, 11) is 0. The molecule has 0 fully saturated rings. The molecule has 1 aromatic carbocycles. The van der Waals surface area contributed by atoms with Gasteiger partial charge in [0.05, 0.1) is 0 Å². The number of nitrogens with two attached hydrogens (primary N) is 1. The molecular weight excluding hydrogens is 260 g/mol. The molecule has 0 unspecified atom stereocenters. The van der Waals surface area contributed by atoms with Crippen LogP contribution in [0.5, 0.6) is 0 Å².